The van der Waals surface area contributed by atoms with E-state index in [0.29, 0.717) is 17.8 Å². The molecule has 0 saturated carbocycles. The summed E-state index contributed by atoms with van der Waals surface area (Å²) in [5, 5.41) is 6.62. The highest BCUT2D eigenvalue weighted by Crippen LogP contribution is 2.48. The standard InChI is InChI=1S/C29H31N3O3/c1-18-11-12-20(19(2)14-18)31-26(34)17-32-23-9-6-5-8-21(23)30-22-15-29(3,4)16-24(33)27(22)28(32)25-10-7-13-35-25/h5-14,28,30H,15-17H2,1-4H3,(H,31,34)/t28-/m1/s1. The molecule has 1 atom stereocenters. The molecule has 0 fully saturated rings. The highest BCUT2D eigenvalue weighted by Gasteiger charge is 2.42. The monoisotopic (exact) mass is 469 g/mol. The Bertz CT molecular complexity index is 1320. The zero-order valence-electron chi connectivity index (χ0n) is 20.6. The van der Waals surface area contributed by atoms with E-state index in [9.17, 15) is 9.59 Å². The van der Waals surface area contributed by atoms with Crippen LogP contribution in [0.1, 0.15) is 49.6 Å². The van der Waals surface area contributed by atoms with Crippen molar-refractivity contribution in [2.75, 3.05) is 22.1 Å². The van der Waals surface area contributed by atoms with Gasteiger partial charge in [0.2, 0.25) is 5.91 Å². The normalized spacial score (nSPS) is 18.9. The molecule has 0 saturated heterocycles. The minimum Gasteiger partial charge on any atom is -0.467 e. The quantitative estimate of drug-likeness (QED) is 0.479. The van der Waals surface area contributed by atoms with Crippen LogP contribution in [0.4, 0.5) is 17.1 Å². The first kappa shape index (κ1) is 23.0. The Morgan fingerprint density at radius 3 is 2.66 bits per heavy atom. The van der Waals surface area contributed by atoms with Gasteiger partial charge in [0.25, 0.3) is 0 Å². The van der Waals surface area contributed by atoms with E-state index < -0.39 is 6.04 Å². The van der Waals surface area contributed by atoms with Crippen molar-refractivity contribution in [1.29, 1.82) is 0 Å². The number of anilines is 3. The van der Waals surface area contributed by atoms with Crippen LogP contribution in [0.25, 0.3) is 0 Å². The van der Waals surface area contributed by atoms with E-state index in [1.807, 2.05) is 73.3 Å². The first-order chi connectivity index (χ1) is 16.7. The average molecular weight is 470 g/mol. The van der Waals surface area contributed by atoms with Crippen LogP contribution >= 0.6 is 0 Å². The van der Waals surface area contributed by atoms with Crippen LogP contribution in [0.5, 0.6) is 0 Å². The Morgan fingerprint density at radius 2 is 1.91 bits per heavy atom. The largest absolute Gasteiger partial charge is 0.467 e. The predicted octanol–water partition coefficient (Wildman–Crippen LogP) is 6.15. The minimum absolute atomic E-state index is 0.0603. The van der Waals surface area contributed by atoms with Gasteiger partial charge >= 0.3 is 0 Å². The maximum atomic E-state index is 13.6. The summed E-state index contributed by atoms with van der Waals surface area (Å²) in [6, 6.07) is 17.0. The molecule has 1 aromatic heterocycles. The number of nitrogens with one attached hydrogen (secondary N) is 2. The maximum absolute atomic E-state index is 13.6. The fourth-order valence-electron chi connectivity index (χ4n) is 5.27. The minimum atomic E-state index is -0.510. The first-order valence-electron chi connectivity index (χ1n) is 12.0. The van der Waals surface area contributed by atoms with E-state index in [0.717, 1.165) is 40.3 Å². The van der Waals surface area contributed by atoms with Gasteiger partial charge in [-0.15, -0.1) is 0 Å². The Kier molecular flexibility index (Phi) is 5.75. The van der Waals surface area contributed by atoms with Crippen LogP contribution in [0.3, 0.4) is 0 Å². The van der Waals surface area contributed by atoms with Gasteiger partial charge in [0, 0.05) is 23.4 Å². The lowest BCUT2D eigenvalue weighted by Gasteiger charge is -2.36. The van der Waals surface area contributed by atoms with E-state index in [2.05, 4.69) is 24.5 Å². The molecule has 180 valence electrons. The molecule has 35 heavy (non-hydrogen) atoms. The van der Waals surface area contributed by atoms with Crippen molar-refractivity contribution in [2.45, 2.75) is 46.6 Å². The van der Waals surface area contributed by atoms with Gasteiger partial charge in [0.05, 0.1) is 24.2 Å². The van der Waals surface area contributed by atoms with E-state index in [-0.39, 0.29) is 23.7 Å². The van der Waals surface area contributed by atoms with E-state index >= 15 is 0 Å². The second kappa shape index (κ2) is 8.77. The molecular formula is C29H31N3O3. The van der Waals surface area contributed by atoms with E-state index in [4.69, 9.17) is 4.42 Å². The molecule has 1 aliphatic heterocycles. The molecule has 5 rings (SSSR count). The summed E-state index contributed by atoms with van der Waals surface area (Å²) in [5.74, 6) is 0.567. The molecule has 6 heteroatoms. The fourth-order valence-corrected chi connectivity index (χ4v) is 5.27. The third kappa shape index (κ3) is 4.48. The Labute approximate surface area is 206 Å². The number of carbonyl (C=O) groups excluding carboxylic acids is 2. The fraction of sp³-hybridized carbons (Fsp3) is 0.310. The van der Waals surface area contributed by atoms with Crippen molar-refractivity contribution in [2.24, 2.45) is 5.41 Å². The molecule has 0 bridgehead atoms. The lowest BCUT2D eigenvalue weighted by Crippen LogP contribution is -2.40. The molecule has 2 aliphatic rings. The second-order valence-corrected chi connectivity index (χ2v) is 10.4. The Balaban J connectivity index is 1.59. The topological polar surface area (TPSA) is 74.6 Å². The summed E-state index contributed by atoms with van der Waals surface area (Å²) < 4.78 is 5.87. The molecule has 0 radical (unpaired) electrons. The van der Waals surface area contributed by atoms with E-state index in [1.54, 1.807) is 6.26 Å². The Morgan fingerprint density at radius 1 is 1.11 bits per heavy atom. The summed E-state index contributed by atoms with van der Waals surface area (Å²) >= 11 is 0. The molecule has 2 N–H and O–H groups in total. The highest BCUT2D eigenvalue weighted by atomic mass is 16.3. The molecule has 1 aliphatic carbocycles. The summed E-state index contributed by atoms with van der Waals surface area (Å²) in [4.78, 5) is 29.0. The number of fused-ring (bicyclic) bond motifs is 1. The number of hydrogen-bond donors (Lipinski definition) is 2. The van der Waals surface area contributed by atoms with Crippen molar-refractivity contribution in [3.05, 3.63) is 89.0 Å². The highest BCUT2D eigenvalue weighted by molar-refractivity contribution is 6.02. The van der Waals surface area contributed by atoms with Crippen molar-refractivity contribution < 1.29 is 14.0 Å². The lowest BCUT2D eigenvalue weighted by atomic mass is 9.74. The zero-order chi connectivity index (χ0) is 24.7. The van der Waals surface area contributed by atoms with Gasteiger partial charge in [-0.05, 0) is 61.6 Å². The number of furan rings is 1. The first-order valence-corrected chi connectivity index (χ1v) is 12.0. The molecule has 3 aromatic rings. The predicted molar refractivity (Wildman–Crippen MR) is 138 cm³/mol. The van der Waals surface area contributed by atoms with Gasteiger partial charge in [-0.25, -0.2) is 0 Å². The molecule has 2 aromatic carbocycles. The number of aryl methyl sites for hydroxylation is 2. The van der Waals surface area contributed by atoms with Crippen LogP contribution in [-0.2, 0) is 9.59 Å². The molecular weight excluding hydrogens is 438 g/mol. The van der Waals surface area contributed by atoms with E-state index in [1.165, 1.54) is 0 Å². The number of para-hydroxylation sites is 2. The van der Waals surface area contributed by atoms with Crippen LogP contribution in [-0.4, -0.2) is 18.2 Å². The van der Waals surface area contributed by atoms with Gasteiger partial charge < -0.3 is 20.0 Å². The number of hydrogen-bond acceptors (Lipinski definition) is 5. The van der Waals surface area contributed by atoms with Gasteiger partial charge in [-0.2, -0.15) is 0 Å². The molecule has 1 amide bonds. The van der Waals surface area contributed by atoms with Crippen molar-refractivity contribution in [3.63, 3.8) is 0 Å². The lowest BCUT2D eigenvalue weighted by molar-refractivity contribution is -0.119. The number of benzene rings is 2. The van der Waals surface area contributed by atoms with Gasteiger partial charge in [0.15, 0.2) is 5.78 Å². The van der Waals surface area contributed by atoms with Gasteiger partial charge in [0.1, 0.15) is 11.8 Å². The molecule has 2 heterocycles. The maximum Gasteiger partial charge on any atom is 0.243 e. The van der Waals surface area contributed by atoms with Gasteiger partial charge in [-0.3, -0.25) is 9.59 Å². The summed E-state index contributed by atoms with van der Waals surface area (Å²) in [6.07, 6.45) is 2.80. The molecule has 6 nitrogen and oxygen atoms in total. The molecule has 0 unspecified atom stereocenters. The average Bonchev–Trinajstić information content (AvgIpc) is 3.27. The van der Waals surface area contributed by atoms with Crippen molar-refractivity contribution in [1.82, 2.24) is 0 Å². The number of allylic oxidation sites excluding steroid dienone is 1. The van der Waals surface area contributed by atoms with Crippen LogP contribution in [0.2, 0.25) is 0 Å². The number of carbonyl (C=O) groups is 2. The SMILES string of the molecule is Cc1ccc(NC(=O)CN2c3ccccc3NC3=C(C(=O)CC(C)(C)C3)[C@H]2c2ccco2)c(C)c1. The molecule has 0 spiro atoms. The number of Topliss-reactive ketones (excluding diaryl/α,β-unsaturated/α-hetero) is 1. The van der Waals surface area contributed by atoms with Crippen molar-refractivity contribution in [3.8, 4) is 0 Å². The smallest absolute Gasteiger partial charge is 0.243 e. The van der Waals surface area contributed by atoms with Crippen LogP contribution < -0.4 is 15.5 Å². The summed E-state index contributed by atoms with van der Waals surface area (Å²) in [6.45, 7) is 8.31. The van der Waals surface area contributed by atoms with Gasteiger partial charge in [-0.1, -0.05) is 43.7 Å². The zero-order valence-corrected chi connectivity index (χ0v) is 20.6. The number of ketones is 1. The third-order valence-corrected chi connectivity index (χ3v) is 6.79. The summed E-state index contributed by atoms with van der Waals surface area (Å²) in [7, 11) is 0. The van der Waals surface area contributed by atoms with Crippen LogP contribution in [0, 0.1) is 19.3 Å². The third-order valence-electron chi connectivity index (χ3n) is 6.79. The van der Waals surface area contributed by atoms with Crippen molar-refractivity contribution >= 4 is 28.8 Å². The van der Waals surface area contributed by atoms with Crippen LogP contribution in [0.15, 0.2) is 76.5 Å². The number of nitrogens with zero attached hydrogens (tertiary/aromatic N) is 1. The summed E-state index contributed by atoms with van der Waals surface area (Å²) in [5.41, 5.74) is 6.08. The second-order valence-electron chi connectivity index (χ2n) is 10.4. The Hall–Kier alpha value is -3.80. The number of rotatable bonds is 4. The number of amides is 1.